The highest BCUT2D eigenvalue weighted by Crippen LogP contribution is 2.75. The Hall–Kier alpha value is -2.99. The quantitative estimate of drug-likeness (QED) is 0.382. The molecule has 216 valence electrons. The molecule has 4 unspecified atom stereocenters. The highest BCUT2D eigenvalue weighted by atomic mass is 16.5. The van der Waals surface area contributed by atoms with Crippen LogP contribution < -0.4 is 0 Å². The fourth-order valence-corrected chi connectivity index (χ4v) is 10.4. The van der Waals surface area contributed by atoms with E-state index in [1.165, 1.54) is 6.42 Å². The van der Waals surface area contributed by atoms with E-state index < -0.39 is 11.5 Å². The van der Waals surface area contributed by atoms with E-state index >= 15 is 0 Å². The molecule has 4 fully saturated rings. The van der Waals surface area contributed by atoms with Crippen LogP contribution in [0.4, 0.5) is 0 Å². The van der Waals surface area contributed by atoms with Crippen molar-refractivity contribution in [3.63, 3.8) is 0 Å². The molecule has 1 N–H and O–H groups in total. The summed E-state index contributed by atoms with van der Waals surface area (Å²) in [5.74, 6) is 0.765. The van der Waals surface area contributed by atoms with Crippen LogP contribution in [0.5, 0.6) is 0 Å². The Bertz CT molecular complexity index is 1360. The lowest BCUT2D eigenvalue weighted by molar-refractivity contribution is -0.559. The maximum absolute atomic E-state index is 13.4. The first-order valence-corrected chi connectivity index (χ1v) is 15.5. The highest BCUT2D eigenvalue weighted by molar-refractivity contribution is 5.90. The van der Waals surface area contributed by atoms with E-state index in [1.54, 1.807) is 12.1 Å². The number of esters is 2. The molecule has 6 heteroatoms. The number of aliphatic hydroxyl groups is 1. The van der Waals surface area contributed by atoms with Crippen molar-refractivity contribution < 1.29 is 28.7 Å². The van der Waals surface area contributed by atoms with Crippen molar-refractivity contribution in [3.05, 3.63) is 71.8 Å². The molecule has 1 spiro atoms. The highest BCUT2D eigenvalue weighted by Gasteiger charge is 2.76. The number of benzene rings is 2. The number of ether oxygens (including phenoxy) is 2. The maximum atomic E-state index is 13.4. The van der Waals surface area contributed by atoms with E-state index in [9.17, 15) is 14.7 Å². The smallest absolute Gasteiger partial charge is 0.338 e. The van der Waals surface area contributed by atoms with Gasteiger partial charge in [0.25, 0.3) is 0 Å². The maximum Gasteiger partial charge on any atom is 0.338 e. The summed E-state index contributed by atoms with van der Waals surface area (Å²) < 4.78 is 14.6. The van der Waals surface area contributed by atoms with Gasteiger partial charge in [0.05, 0.1) is 22.6 Å². The number of carbonyl (C=O) groups is 2. The fourth-order valence-electron chi connectivity index (χ4n) is 10.4. The molecule has 4 saturated carbocycles. The minimum absolute atomic E-state index is 0.0415. The van der Waals surface area contributed by atoms with Gasteiger partial charge in [0, 0.05) is 10.8 Å². The molecule has 1 aliphatic heterocycles. The van der Waals surface area contributed by atoms with Gasteiger partial charge in [0.2, 0.25) is 0 Å². The van der Waals surface area contributed by atoms with E-state index in [4.69, 9.17) is 9.47 Å². The third-order valence-corrected chi connectivity index (χ3v) is 12.0. The fraction of sp³-hybridized carbons (Fsp3) is 0.571. The molecule has 4 bridgehead atoms. The molecule has 1 heterocycles. The number of fused-ring (bicyclic) bond motifs is 1. The Labute approximate surface area is 242 Å². The van der Waals surface area contributed by atoms with Crippen LogP contribution in [0.3, 0.4) is 0 Å². The molecule has 6 nitrogen and oxygen atoms in total. The average Bonchev–Trinajstić information content (AvgIpc) is 3.50. The molecule has 2 aromatic carbocycles. The number of carbonyl (C=O) groups excluding carboxylic acids is 2. The van der Waals surface area contributed by atoms with Crippen LogP contribution in [-0.4, -0.2) is 59.7 Å². The molecular weight excluding hydrogens is 514 g/mol. The van der Waals surface area contributed by atoms with Crippen LogP contribution in [0.1, 0.15) is 73.1 Å². The van der Waals surface area contributed by atoms with Gasteiger partial charge in [0.1, 0.15) is 25.5 Å². The molecule has 9 atom stereocenters. The molecule has 2 aromatic rings. The van der Waals surface area contributed by atoms with Gasteiger partial charge < -0.3 is 14.6 Å². The lowest BCUT2D eigenvalue weighted by Crippen LogP contribution is -2.69. The summed E-state index contributed by atoms with van der Waals surface area (Å²) in [4.78, 5) is 26.0. The monoisotopic (exact) mass is 556 g/mol. The van der Waals surface area contributed by atoms with Gasteiger partial charge in [-0.2, -0.15) is 0 Å². The van der Waals surface area contributed by atoms with Gasteiger partial charge >= 0.3 is 11.9 Å². The minimum atomic E-state index is -0.473. The normalized spacial score (nSPS) is 40.2. The summed E-state index contributed by atoms with van der Waals surface area (Å²) in [6.45, 7) is 6.52. The third kappa shape index (κ3) is 4.04. The van der Waals surface area contributed by atoms with Crippen LogP contribution in [0.15, 0.2) is 60.7 Å². The van der Waals surface area contributed by atoms with E-state index in [0.717, 1.165) is 38.6 Å². The first kappa shape index (κ1) is 26.9. The summed E-state index contributed by atoms with van der Waals surface area (Å²) >= 11 is 0. The molecule has 4 aliphatic carbocycles. The topological polar surface area (TPSA) is 75.8 Å². The van der Waals surface area contributed by atoms with Crippen LogP contribution in [-0.2, 0) is 9.47 Å². The number of nitrogens with zero attached hydrogens (tertiary/aromatic N) is 1. The lowest BCUT2D eigenvalue weighted by Gasteiger charge is -2.64. The second-order valence-corrected chi connectivity index (χ2v) is 13.9. The van der Waals surface area contributed by atoms with Gasteiger partial charge in [-0.15, -0.1) is 0 Å². The molecule has 5 aliphatic rings. The van der Waals surface area contributed by atoms with Crippen LogP contribution in [0.25, 0.3) is 0 Å². The van der Waals surface area contributed by atoms with Gasteiger partial charge in [-0.25, -0.2) is 14.2 Å². The predicted molar refractivity (Wildman–Crippen MR) is 155 cm³/mol. The zero-order valence-electron chi connectivity index (χ0n) is 24.2. The van der Waals surface area contributed by atoms with Crippen molar-refractivity contribution in [1.29, 1.82) is 0 Å². The molecule has 0 amide bonds. The largest absolute Gasteiger partial charge is 0.458 e. The molecule has 0 radical (unpaired) electrons. The molecule has 7 rings (SSSR count). The van der Waals surface area contributed by atoms with Crippen molar-refractivity contribution in [2.45, 2.75) is 64.6 Å². The van der Waals surface area contributed by atoms with Gasteiger partial charge in [-0.3, -0.25) is 0 Å². The van der Waals surface area contributed by atoms with Crippen LogP contribution in [0, 0.1) is 39.9 Å². The van der Waals surface area contributed by atoms with Gasteiger partial charge in [0.15, 0.2) is 6.54 Å². The molecule has 41 heavy (non-hydrogen) atoms. The Balaban J connectivity index is 1.20. The Morgan fingerprint density at radius 2 is 1.63 bits per heavy atom. The van der Waals surface area contributed by atoms with Crippen molar-refractivity contribution in [2.24, 2.45) is 39.9 Å². The van der Waals surface area contributed by atoms with E-state index in [1.807, 2.05) is 48.5 Å². The first-order chi connectivity index (χ1) is 19.8. The number of aliphatic hydroxyl groups excluding tert-OH is 1. The van der Waals surface area contributed by atoms with Crippen molar-refractivity contribution in [1.82, 2.24) is 0 Å². The van der Waals surface area contributed by atoms with E-state index in [0.29, 0.717) is 36.1 Å². The van der Waals surface area contributed by atoms with Crippen molar-refractivity contribution in [3.8, 4) is 0 Å². The Morgan fingerprint density at radius 1 is 0.951 bits per heavy atom. The second-order valence-electron chi connectivity index (χ2n) is 13.9. The third-order valence-electron chi connectivity index (χ3n) is 12.0. The van der Waals surface area contributed by atoms with Crippen LogP contribution >= 0.6 is 0 Å². The molecular formula is C35H42NO5+. The summed E-state index contributed by atoms with van der Waals surface area (Å²) in [7, 11) is 0. The molecule has 0 saturated heterocycles. The van der Waals surface area contributed by atoms with Crippen molar-refractivity contribution >= 4 is 18.2 Å². The van der Waals surface area contributed by atoms with Crippen LogP contribution in [0.2, 0.25) is 0 Å². The lowest BCUT2D eigenvalue weighted by atomic mass is 9.40. The predicted octanol–water partition coefficient (Wildman–Crippen LogP) is 5.39. The Kier molecular flexibility index (Phi) is 6.42. The average molecular weight is 557 g/mol. The zero-order chi connectivity index (χ0) is 28.4. The summed E-state index contributed by atoms with van der Waals surface area (Å²) in [6, 6.07) is 18.5. The van der Waals surface area contributed by atoms with E-state index in [2.05, 4.69) is 24.6 Å². The van der Waals surface area contributed by atoms with Gasteiger partial charge in [-0.05, 0) is 80.0 Å². The minimum Gasteiger partial charge on any atom is -0.458 e. The number of hydrogen-bond acceptors (Lipinski definition) is 5. The van der Waals surface area contributed by atoms with E-state index in [-0.39, 0.29) is 40.7 Å². The first-order valence-electron chi connectivity index (χ1n) is 15.5. The summed E-state index contributed by atoms with van der Waals surface area (Å²) in [5, 5.41) is 11.9. The molecule has 0 aromatic heterocycles. The summed E-state index contributed by atoms with van der Waals surface area (Å²) in [5.41, 5.74) is 0.762. The SMILES string of the molecule is C[C@H]1C(O)[C@]23C[C@H]1CC2[C@]12C=[N+](CCOC(=O)c4ccccc4)C[C@](C)(CCC1)C2CC3OC(=O)c1ccccc1. The standard InChI is InChI=1S/C35H42NO5/c1-23-26-18-28-34-15-9-14-33(2,21-36(22-34)16-17-40-31(38)24-10-5-3-6-11-24)27(34)19-29(35(28,20-26)30(23)37)41-32(39)25-12-7-4-8-13-25/h3-8,10-13,22-23,26-30,37H,9,14-21H2,1-2H3/q+1/t23-,26-,27?,28?,29?,30?,33+,34+,35-/m1/s1. The number of hydrogen-bond donors (Lipinski definition) is 1. The number of rotatable bonds is 6. The Morgan fingerprint density at radius 3 is 2.32 bits per heavy atom. The second kappa shape index (κ2) is 9.79. The van der Waals surface area contributed by atoms with Gasteiger partial charge in [-0.1, -0.05) is 56.7 Å². The zero-order valence-corrected chi connectivity index (χ0v) is 24.2. The van der Waals surface area contributed by atoms with Crippen molar-refractivity contribution in [2.75, 3.05) is 19.7 Å². The summed E-state index contributed by atoms with van der Waals surface area (Å²) in [6.07, 6.45) is 7.97.